The highest BCUT2D eigenvalue weighted by Gasteiger charge is 2.21. The molecule has 3 rings (SSSR count). The average Bonchev–Trinajstić information content (AvgIpc) is 2.55. The number of hydrogen-bond donors (Lipinski definition) is 1. The van der Waals surface area contributed by atoms with Gasteiger partial charge in [-0.1, -0.05) is 12.1 Å². The maximum absolute atomic E-state index is 9.49. The Morgan fingerprint density at radius 3 is 2.65 bits per heavy atom. The molecule has 1 atom stereocenters. The monoisotopic (exact) mass is 314 g/mol. The lowest BCUT2D eigenvalue weighted by atomic mass is 9.96. The molecule has 1 aliphatic heterocycles. The lowest BCUT2D eigenvalue weighted by Crippen LogP contribution is -2.40. The molecule has 0 bridgehead atoms. The van der Waals surface area contributed by atoms with Crippen molar-refractivity contribution >= 4 is 16.9 Å². The molecule has 5 nitrogen and oxygen atoms in total. The molecule has 1 saturated heterocycles. The van der Waals surface area contributed by atoms with Gasteiger partial charge in [0, 0.05) is 20.1 Å². The second-order valence-corrected chi connectivity index (χ2v) is 6.69. The molecule has 1 aromatic heterocycles. The molecule has 0 aliphatic carbocycles. The highest BCUT2D eigenvalue weighted by atomic mass is 16.3. The number of para-hydroxylation sites is 2. The van der Waals surface area contributed by atoms with Gasteiger partial charge in [-0.3, -0.25) is 4.98 Å². The summed E-state index contributed by atoms with van der Waals surface area (Å²) < 4.78 is 0. The van der Waals surface area contributed by atoms with Crippen LogP contribution < -0.4 is 4.90 Å². The second kappa shape index (κ2) is 7.23. The summed E-state index contributed by atoms with van der Waals surface area (Å²) in [6.45, 7) is 5.81. The first-order chi connectivity index (χ1) is 11.1. The van der Waals surface area contributed by atoms with Crippen LogP contribution in [0.15, 0.2) is 30.5 Å². The Labute approximate surface area is 138 Å². The van der Waals surface area contributed by atoms with Crippen LogP contribution in [0.25, 0.3) is 11.0 Å². The van der Waals surface area contributed by atoms with Crippen LogP contribution in [0, 0.1) is 5.92 Å². The summed E-state index contributed by atoms with van der Waals surface area (Å²) in [4.78, 5) is 13.8. The number of β-amino-alcohol motifs (C(OH)–C–C–N with tert-alkyl or cyclic N) is 1. The van der Waals surface area contributed by atoms with Gasteiger partial charge in [0.25, 0.3) is 0 Å². The first-order valence-corrected chi connectivity index (χ1v) is 8.45. The van der Waals surface area contributed by atoms with E-state index in [0.29, 0.717) is 5.92 Å². The van der Waals surface area contributed by atoms with Crippen molar-refractivity contribution < 1.29 is 5.11 Å². The molecule has 2 aromatic rings. The number of fused-ring (bicyclic) bond motifs is 1. The molecule has 1 fully saturated rings. The third-order valence-electron chi connectivity index (χ3n) is 4.59. The minimum atomic E-state index is -0.234. The van der Waals surface area contributed by atoms with E-state index >= 15 is 0 Å². The van der Waals surface area contributed by atoms with Crippen molar-refractivity contribution in [2.45, 2.75) is 25.9 Å². The van der Waals surface area contributed by atoms with Gasteiger partial charge in [0.05, 0.1) is 23.3 Å². The zero-order valence-electron chi connectivity index (χ0n) is 14.0. The van der Waals surface area contributed by atoms with Crippen molar-refractivity contribution in [1.29, 1.82) is 0 Å². The van der Waals surface area contributed by atoms with Crippen molar-refractivity contribution in [1.82, 2.24) is 14.9 Å². The first-order valence-electron chi connectivity index (χ1n) is 8.45. The Hall–Kier alpha value is -1.72. The summed E-state index contributed by atoms with van der Waals surface area (Å²) in [6.07, 6.45) is 3.99. The summed E-state index contributed by atoms with van der Waals surface area (Å²) in [7, 11) is 2.10. The fraction of sp³-hybridized carbons (Fsp3) is 0.556. The summed E-state index contributed by atoms with van der Waals surface area (Å²) >= 11 is 0. The molecule has 124 valence electrons. The maximum atomic E-state index is 9.49. The van der Waals surface area contributed by atoms with Gasteiger partial charge < -0.3 is 14.9 Å². The van der Waals surface area contributed by atoms with E-state index in [1.165, 1.54) is 12.8 Å². The second-order valence-electron chi connectivity index (χ2n) is 6.69. The standard InChI is InChI=1S/C18H26N4O/c1-14(23)12-22-9-7-15(8-10-22)13-21(2)18-11-19-16-5-3-4-6-17(16)20-18/h3-6,11,14-15,23H,7-10,12-13H2,1-2H3/t14-/m1/s1. The lowest BCUT2D eigenvalue weighted by Gasteiger charge is -2.34. The van der Waals surface area contributed by atoms with Crippen LogP contribution in [0.1, 0.15) is 19.8 Å². The topological polar surface area (TPSA) is 52.5 Å². The highest BCUT2D eigenvalue weighted by Crippen LogP contribution is 2.21. The molecule has 0 spiro atoms. The third-order valence-corrected chi connectivity index (χ3v) is 4.59. The van der Waals surface area contributed by atoms with E-state index < -0.39 is 0 Å². The normalized spacial score (nSPS) is 18.2. The van der Waals surface area contributed by atoms with Crippen molar-refractivity contribution in [2.24, 2.45) is 5.92 Å². The summed E-state index contributed by atoms with van der Waals surface area (Å²) in [5, 5.41) is 9.49. The quantitative estimate of drug-likeness (QED) is 0.916. The van der Waals surface area contributed by atoms with Gasteiger partial charge >= 0.3 is 0 Å². The predicted molar refractivity (Wildman–Crippen MR) is 93.7 cm³/mol. The van der Waals surface area contributed by atoms with Crippen LogP contribution in [0.4, 0.5) is 5.82 Å². The van der Waals surface area contributed by atoms with Crippen LogP contribution in [0.3, 0.4) is 0 Å². The molecule has 0 saturated carbocycles. The molecule has 2 heterocycles. The molecule has 0 radical (unpaired) electrons. The van der Waals surface area contributed by atoms with Crippen molar-refractivity contribution in [3.05, 3.63) is 30.5 Å². The molecule has 1 N–H and O–H groups in total. The number of anilines is 1. The van der Waals surface area contributed by atoms with Crippen molar-refractivity contribution in [2.75, 3.05) is 38.1 Å². The van der Waals surface area contributed by atoms with Crippen molar-refractivity contribution in [3.63, 3.8) is 0 Å². The number of likely N-dealkylation sites (tertiary alicyclic amines) is 1. The molecule has 0 amide bonds. The van der Waals surface area contributed by atoms with Crippen molar-refractivity contribution in [3.8, 4) is 0 Å². The van der Waals surface area contributed by atoms with Gasteiger partial charge in [-0.2, -0.15) is 0 Å². The number of rotatable bonds is 5. The SMILES string of the molecule is C[C@@H](O)CN1CCC(CN(C)c2cnc3ccccc3n2)CC1. The molecule has 1 aromatic carbocycles. The number of aliphatic hydroxyl groups excluding tert-OH is 1. The first kappa shape index (κ1) is 16.1. The van der Waals surface area contributed by atoms with Gasteiger partial charge in [0.1, 0.15) is 5.82 Å². The van der Waals surface area contributed by atoms with Gasteiger partial charge in [0.15, 0.2) is 0 Å². The minimum absolute atomic E-state index is 0.234. The van der Waals surface area contributed by atoms with Crippen LogP contribution in [0.5, 0.6) is 0 Å². The Morgan fingerprint density at radius 2 is 1.96 bits per heavy atom. The average molecular weight is 314 g/mol. The molecular weight excluding hydrogens is 288 g/mol. The summed E-state index contributed by atoms with van der Waals surface area (Å²) in [5.41, 5.74) is 1.89. The fourth-order valence-corrected chi connectivity index (χ4v) is 3.34. The Balaban J connectivity index is 1.57. The van der Waals surface area contributed by atoms with E-state index in [0.717, 1.165) is 43.0 Å². The van der Waals surface area contributed by atoms with E-state index in [1.807, 2.05) is 37.4 Å². The summed E-state index contributed by atoms with van der Waals surface area (Å²) in [5.74, 6) is 1.62. The Bertz CT molecular complexity index is 638. The Morgan fingerprint density at radius 1 is 1.26 bits per heavy atom. The van der Waals surface area contributed by atoms with Crippen LogP contribution in [-0.4, -0.2) is 59.3 Å². The van der Waals surface area contributed by atoms with E-state index in [4.69, 9.17) is 4.98 Å². The van der Waals surface area contributed by atoms with Gasteiger partial charge in [-0.05, 0) is 50.9 Å². The van der Waals surface area contributed by atoms with Crippen LogP contribution in [-0.2, 0) is 0 Å². The highest BCUT2D eigenvalue weighted by molar-refractivity contribution is 5.75. The predicted octanol–water partition coefficient (Wildman–Crippen LogP) is 2.16. The summed E-state index contributed by atoms with van der Waals surface area (Å²) in [6, 6.07) is 7.98. The number of nitrogens with zero attached hydrogens (tertiary/aromatic N) is 4. The third kappa shape index (κ3) is 4.18. The largest absolute Gasteiger partial charge is 0.392 e. The fourth-order valence-electron chi connectivity index (χ4n) is 3.34. The van der Waals surface area contributed by atoms with Crippen LogP contribution in [0.2, 0.25) is 0 Å². The smallest absolute Gasteiger partial charge is 0.147 e. The molecular formula is C18H26N4O. The zero-order valence-corrected chi connectivity index (χ0v) is 14.0. The van der Waals surface area contributed by atoms with E-state index in [-0.39, 0.29) is 6.10 Å². The van der Waals surface area contributed by atoms with Gasteiger partial charge in [0.2, 0.25) is 0 Å². The molecule has 5 heteroatoms. The number of benzene rings is 1. The molecule has 1 aliphatic rings. The van der Waals surface area contributed by atoms with Gasteiger partial charge in [-0.15, -0.1) is 0 Å². The number of aromatic nitrogens is 2. The van der Waals surface area contributed by atoms with E-state index in [2.05, 4.69) is 21.8 Å². The number of aliphatic hydroxyl groups is 1. The van der Waals surface area contributed by atoms with Crippen LogP contribution >= 0.6 is 0 Å². The minimum Gasteiger partial charge on any atom is -0.392 e. The number of hydrogen-bond acceptors (Lipinski definition) is 5. The molecule has 0 unspecified atom stereocenters. The zero-order chi connectivity index (χ0) is 16.2. The number of piperidine rings is 1. The van der Waals surface area contributed by atoms with E-state index in [1.54, 1.807) is 0 Å². The Kier molecular flexibility index (Phi) is 5.08. The molecule has 23 heavy (non-hydrogen) atoms. The van der Waals surface area contributed by atoms with Gasteiger partial charge in [-0.25, -0.2) is 4.98 Å². The van der Waals surface area contributed by atoms with E-state index in [9.17, 15) is 5.11 Å². The maximum Gasteiger partial charge on any atom is 0.147 e. The lowest BCUT2D eigenvalue weighted by molar-refractivity contribution is 0.101.